The zero-order valence-corrected chi connectivity index (χ0v) is 15.4. The highest BCUT2D eigenvalue weighted by atomic mass is 16.5. The predicted octanol–water partition coefficient (Wildman–Crippen LogP) is 3.60. The molecule has 1 heterocycles. The van der Waals surface area contributed by atoms with Gasteiger partial charge in [0, 0.05) is 18.7 Å². The number of esters is 1. The van der Waals surface area contributed by atoms with E-state index in [0.29, 0.717) is 37.4 Å². The van der Waals surface area contributed by atoms with E-state index in [4.69, 9.17) is 9.47 Å². The molecule has 1 atom stereocenters. The molecular formula is C23H21NO4. The number of carbonyl (C=O) groups excluding carboxylic acids is 2. The van der Waals surface area contributed by atoms with E-state index in [2.05, 4.69) is 0 Å². The first kappa shape index (κ1) is 18.2. The van der Waals surface area contributed by atoms with Crippen molar-refractivity contribution < 1.29 is 19.1 Å². The van der Waals surface area contributed by atoms with Crippen molar-refractivity contribution in [2.24, 2.45) is 0 Å². The second-order valence-corrected chi connectivity index (χ2v) is 6.66. The molecule has 0 aromatic heterocycles. The Bertz CT molecular complexity index is 975. The van der Waals surface area contributed by atoms with Crippen LogP contribution in [0.3, 0.4) is 0 Å². The van der Waals surface area contributed by atoms with Gasteiger partial charge >= 0.3 is 5.97 Å². The van der Waals surface area contributed by atoms with Crippen LogP contribution in [0.2, 0.25) is 0 Å². The van der Waals surface area contributed by atoms with Crippen molar-refractivity contribution in [1.82, 2.24) is 4.90 Å². The van der Waals surface area contributed by atoms with Crippen LogP contribution in [0, 0.1) is 0 Å². The number of ether oxygens (including phenoxy) is 2. The Kier molecular flexibility index (Phi) is 5.35. The molecule has 142 valence electrons. The van der Waals surface area contributed by atoms with Crippen LogP contribution in [0.4, 0.5) is 0 Å². The Morgan fingerprint density at radius 2 is 1.54 bits per heavy atom. The van der Waals surface area contributed by atoms with Gasteiger partial charge in [-0.05, 0) is 16.8 Å². The summed E-state index contributed by atoms with van der Waals surface area (Å²) in [6.07, 6.45) is -0.981. The molecule has 3 aromatic carbocycles. The standard InChI is InChI=1S/C23H21NO4/c25-22(24-13-15-27-16-14-24)21(18-8-2-1-3-9-18)28-23(26)20-12-6-10-17-7-4-5-11-19(17)20/h1-12,21H,13-16H2. The van der Waals surface area contributed by atoms with Crippen LogP contribution in [0.15, 0.2) is 72.8 Å². The number of morpholine rings is 1. The fourth-order valence-electron chi connectivity index (χ4n) is 3.41. The largest absolute Gasteiger partial charge is 0.444 e. The molecule has 4 rings (SSSR count). The van der Waals surface area contributed by atoms with Crippen LogP contribution in [0.5, 0.6) is 0 Å². The molecule has 0 radical (unpaired) electrons. The lowest BCUT2D eigenvalue weighted by atomic mass is 10.0. The summed E-state index contributed by atoms with van der Waals surface area (Å²) >= 11 is 0. The highest BCUT2D eigenvalue weighted by Crippen LogP contribution is 2.25. The highest BCUT2D eigenvalue weighted by Gasteiger charge is 2.31. The predicted molar refractivity (Wildman–Crippen MR) is 106 cm³/mol. The molecule has 0 aliphatic carbocycles. The van der Waals surface area contributed by atoms with Gasteiger partial charge in [0.15, 0.2) is 0 Å². The Hall–Kier alpha value is -3.18. The van der Waals surface area contributed by atoms with Crippen LogP contribution in [0.25, 0.3) is 10.8 Å². The molecule has 3 aromatic rings. The zero-order chi connectivity index (χ0) is 19.3. The van der Waals surface area contributed by atoms with Crippen LogP contribution in [-0.2, 0) is 14.3 Å². The maximum absolute atomic E-state index is 13.1. The molecule has 0 spiro atoms. The van der Waals surface area contributed by atoms with Crippen LogP contribution < -0.4 is 0 Å². The minimum atomic E-state index is -0.981. The van der Waals surface area contributed by atoms with E-state index in [0.717, 1.165) is 10.8 Å². The molecule has 28 heavy (non-hydrogen) atoms. The number of carbonyl (C=O) groups is 2. The number of amides is 1. The molecule has 5 heteroatoms. The summed E-state index contributed by atoms with van der Waals surface area (Å²) in [5.74, 6) is -0.727. The van der Waals surface area contributed by atoms with Crippen molar-refractivity contribution in [1.29, 1.82) is 0 Å². The SMILES string of the molecule is O=C(OC(C(=O)N1CCOCC1)c1ccccc1)c1cccc2ccccc12. The van der Waals surface area contributed by atoms with E-state index in [1.165, 1.54) is 0 Å². The average molecular weight is 375 g/mol. The minimum absolute atomic E-state index is 0.219. The molecule has 1 aliphatic heterocycles. The van der Waals surface area contributed by atoms with Gasteiger partial charge in [0.1, 0.15) is 0 Å². The van der Waals surface area contributed by atoms with Gasteiger partial charge in [-0.1, -0.05) is 66.7 Å². The lowest BCUT2D eigenvalue weighted by Crippen LogP contribution is -2.44. The molecule has 0 N–H and O–H groups in total. The van der Waals surface area contributed by atoms with E-state index in [9.17, 15) is 9.59 Å². The number of hydrogen-bond acceptors (Lipinski definition) is 4. The van der Waals surface area contributed by atoms with E-state index >= 15 is 0 Å². The summed E-state index contributed by atoms with van der Waals surface area (Å²) in [7, 11) is 0. The van der Waals surface area contributed by atoms with Gasteiger partial charge in [0.2, 0.25) is 6.10 Å². The minimum Gasteiger partial charge on any atom is -0.444 e. The van der Waals surface area contributed by atoms with E-state index in [-0.39, 0.29) is 5.91 Å². The summed E-state index contributed by atoms with van der Waals surface area (Å²) in [6.45, 7) is 1.97. The maximum atomic E-state index is 13.1. The summed E-state index contributed by atoms with van der Waals surface area (Å²) in [5, 5.41) is 1.76. The van der Waals surface area contributed by atoms with Crippen molar-refractivity contribution in [3.05, 3.63) is 83.9 Å². The lowest BCUT2D eigenvalue weighted by Gasteiger charge is -2.30. The highest BCUT2D eigenvalue weighted by molar-refractivity contribution is 6.05. The number of rotatable bonds is 4. The van der Waals surface area contributed by atoms with Gasteiger partial charge in [-0.25, -0.2) is 4.79 Å². The number of benzene rings is 3. The molecule has 1 unspecified atom stereocenters. The van der Waals surface area contributed by atoms with Gasteiger partial charge in [0.25, 0.3) is 5.91 Å². The third-order valence-corrected chi connectivity index (χ3v) is 4.88. The third-order valence-electron chi connectivity index (χ3n) is 4.88. The molecule has 0 bridgehead atoms. The van der Waals surface area contributed by atoms with Gasteiger partial charge in [-0.3, -0.25) is 4.79 Å². The topological polar surface area (TPSA) is 55.8 Å². The second kappa shape index (κ2) is 8.23. The van der Waals surface area contributed by atoms with E-state index < -0.39 is 12.1 Å². The Labute approximate surface area is 163 Å². The fraction of sp³-hybridized carbons (Fsp3) is 0.217. The van der Waals surface area contributed by atoms with E-state index in [1.54, 1.807) is 23.1 Å². The van der Waals surface area contributed by atoms with Crippen LogP contribution in [0.1, 0.15) is 22.0 Å². The smallest absolute Gasteiger partial charge is 0.339 e. The van der Waals surface area contributed by atoms with Gasteiger partial charge in [0.05, 0.1) is 18.8 Å². The summed E-state index contributed by atoms with van der Waals surface area (Å²) < 4.78 is 11.1. The molecule has 0 saturated carbocycles. The Balaban J connectivity index is 1.65. The number of hydrogen-bond donors (Lipinski definition) is 0. The third kappa shape index (κ3) is 3.75. The first-order valence-corrected chi connectivity index (χ1v) is 9.34. The van der Waals surface area contributed by atoms with Crippen molar-refractivity contribution in [3.8, 4) is 0 Å². The molecular weight excluding hydrogens is 354 g/mol. The second-order valence-electron chi connectivity index (χ2n) is 6.66. The van der Waals surface area contributed by atoms with Crippen molar-refractivity contribution in [2.45, 2.75) is 6.10 Å². The van der Waals surface area contributed by atoms with E-state index in [1.807, 2.05) is 54.6 Å². The van der Waals surface area contributed by atoms with Gasteiger partial charge in [-0.15, -0.1) is 0 Å². The quantitative estimate of drug-likeness (QED) is 0.654. The zero-order valence-electron chi connectivity index (χ0n) is 15.4. The molecule has 5 nitrogen and oxygen atoms in total. The molecule has 1 aliphatic rings. The lowest BCUT2D eigenvalue weighted by molar-refractivity contribution is -0.145. The normalized spacial score (nSPS) is 15.2. The number of fused-ring (bicyclic) bond motifs is 1. The van der Waals surface area contributed by atoms with Gasteiger partial charge < -0.3 is 14.4 Å². The Morgan fingerprint density at radius 1 is 0.857 bits per heavy atom. The summed E-state index contributed by atoms with van der Waals surface area (Å²) in [6, 6.07) is 22.3. The monoisotopic (exact) mass is 375 g/mol. The van der Waals surface area contributed by atoms with Gasteiger partial charge in [-0.2, -0.15) is 0 Å². The van der Waals surface area contributed by atoms with Crippen molar-refractivity contribution in [2.75, 3.05) is 26.3 Å². The molecule has 1 amide bonds. The average Bonchev–Trinajstić information content (AvgIpc) is 2.77. The molecule has 1 saturated heterocycles. The van der Waals surface area contributed by atoms with Crippen LogP contribution >= 0.6 is 0 Å². The first-order chi connectivity index (χ1) is 13.7. The summed E-state index contributed by atoms with van der Waals surface area (Å²) in [5.41, 5.74) is 1.11. The molecule has 1 fully saturated rings. The van der Waals surface area contributed by atoms with Crippen molar-refractivity contribution in [3.63, 3.8) is 0 Å². The van der Waals surface area contributed by atoms with Crippen LogP contribution in [-0.4, -0.2) is 43.1 Å². The fourth-order valence-corrected chi connectivity index (χ4v) is 3.41. The number of nitrogens with zero attached hydrogens (tertiary/aromatic N) is 1. The first-order valence-electron chi connectivity index (χ1n) is 9.34. The summed E-state index contributed by atoms with van der Waals surface area (Å²) in [4.78, 5) is 27.8. The Morgan fingerprint density at radius 3 is 2.32 bits per heavy atom. The van der Waals surface area contributed by atoms with Crippen molar-refractivity contribution >= 4 is 22.6 Å². The maximum Gasteiger partial charge on any atom is 0.339 e.